The van der Waals surface area contributed by atoms with E-state index >= 15 is 0 Å². The minimum Gasteiger partial charge on any atom is -0.394 e. The van der Waals surface area contributed by atoms with Crippen molar-refractivity contribution in [1.82, 2.24) is 0 Å². The van der Waals surface area contributed by atoms with E-state index in [0.717, 1.165) is 19.4 Å². The Morgan fingerprint density at radius 3 is 1.26 bits per heavy atom. The van der Waals surface area contributed by atoms with Crippen molar-refractivity contribution in [2.75, 3.05) is 85.9 Å². The average Bonchev–Trinajstić information content (AvgIpc) is 2.68. The zero-order valence-electron chi connectivity index (χ0n) is 16.9. The summed E-state index contributed by atoms with van der Waals surface area (Å²) in [5, 5.41) is 8.52. The van der Waals surface area contributed by atoms with Crippen molar-refractivity contribution in [1.29, 1.82) is 0 Å². The van der Waals surface area contributed by atoms with Gasteiger partial charge in [-0.3, -0.25) is 0 Å². The molecule has 0 fully saturated rings. The van der Waals surface area contributed by atoms with Crippen molar-refractivity contribution in [3.63, 3.8) is 0 Å². The summed E-state index contributed by atoms with van der Waals surface area (Å²) in [5.41, 5.74) is 0. The predicted octanol–water partition coefficient (Wildman–Crippen LogP) is 2.21. The van der Waals surface area contributed by atoms with Gasteiger partial charge >= 0.3 is 0 Å². The van der Waals surface area contributed by atoms with Crippen LogP contribution in [-0.2, 0) is 28.4 Å². The smallest absolute Gasteiger partial charge is 0.0701 e. The van der Waals surface area contributed by atoms with Gasteiger partial charge < -0.3 is 33.5 Å². The highest BCUT2D eigenvalue weighted by atomic mass is 16.6. The third kappa shape index (κ3) is 25.5. The minimum absolute atomic E-state index is 0.0406. The van der Waals surface area contributed by atoms with E-state index in [4.69, 9.17) is 33.5 Å². The topological polar surface area (TPSA) is 75.6 Å². The van der Waals surface area contributed by atoms with Crippen LogP contribution >= 0.6 is 0 Å². The van der Waals surface area contributed by atoms with Crippen LogP contribution in [0.25, 0.3) is 0 Å². The van der Waals surface area contributed by atoms with E-state index in [-0.39, 0.29) is 6.61 Å². The van der Waals surface area contributed by atoms with Gasteiger partial charge in [-0.25, -0.2) is 0 Å². The molecule has 0 saturated carbocycles. The van der Waals surface area contributed by atoms with Crippen molar-refractivity contribution >= 4 is 0 Å². The second-order valence-electron chi connectivity index (χ2n) is 5.89. The lowest BCUT2D eigenvalue weighted by Gasteiger charge is -2.08. The highest BCUT2D eigenvalue weighted by molar-refractivity contribution is 4.65. The lowest BCUT2D eigenvalue weighted by Crippen LogP contribution is -2.14. The number of rotatable bonds is 24. The molecule has 7 nitrogen and oxygen atoms in total. The maximum absolute atomic E-state index is 8.52. The molecule has 0 heterocycles. The Morgan fingerprint density at radius 1 is 0.481 bits per heavy atom. The fourth-order valence-electron chi connectivity index (χ4n) is 2.11. The van der Waals surface area contributed by atoms with E-state index < -0.39 is 0 Å². The number of allylic oxidation sites excluding steroid dienone is 1. The second-order valence-corrected chi connectivity index (χ2v) is 5.89. The normalized spacial score (nSPS) is 11.1. The molecule has 0 amide bonds. The third-order valence-electron chi connectivity index (χ3n) is 3.54. The Morgan fingerprint density at radius 2 is 0.852 bits per heavy atom. The van der Waals surface area contributed by atoms with Gasteiger partial charge in [0.05, 0.1) is 79.3 Å². The van der Waals surface area contributed by atoms with Crippen LogP contribution in [0.4, 0.5) is 0 Å². The van der Waals surface area contributed by atoms with Crippen LogP contribution in [0.2, 0.25) is 0 Å². The Bertz CT molecular complexity index is 277. The highest BCUT2D eigenvalue weighted by Crippen LogP contribution is 2.03. The molecule has 0 aromatic heterocycles. The summed E-state index contributed by atoms with van der Waals surface area (Å²) >= 11 is 0. The van der Waals surface area contributed by atoms with Gasteiger partial charge in [-0.15, -0.1) is 6.58 Å². The van der Waals surface area contributed by atoms with Gasteiger partial charge in [-0.05, 0) is 19.3 Å². The molecule has 0 aliphatic carbocycles. The molecule has 0 unspecified atom stereocenters. The Labute approximate surface area is 164 Å². The van der Waals surface area contributed by atoms with Gasteiger partial charge in [-0.2, -0.15) is 0 Å². The molecule has 0 bridgehead atoms. The second kappa shape index (κ2) is 25.5. The zero-order valence-corrected chi connectivity index (χ0v) is 16.9. The summed E-state index contributed by atoms with van der Waals surface area (Å²) in [4.78, 5) is 0. The quantitative estimate of drug-likeness (QED) is 0.199. The minimum atomic E-state index is 0.0406. The SMILES string of the molecule is C=CCCCCCCOCCOCCOCCOCCOCCOCCO. The molecule has 7 heteroatoms. The predicted molar refractivity (Wildman–Crippen MR) is 105 cm³/mol. The van der Waals surface area contributed by atoms with E-state index in [1.165, 1.54) is 19.3 Å². The van der Waals surface area contributed by atoms with Gasteiger partial charge in [0.2, 0.25) is 0 Å². The lowest BCUT2D eigenvalue weighted by atomic mass is 10.1. The average molecular weight is 393 g/mol. The van der Waals surface area contributed by atoms with Crippen molar-refractivity contribution < 1.29 is 33.5 Å². The summed E-state index contributed by atoms with van der Waals surface area (Å²) in [7, 11) is 0. The molecule has 0 saturated heterocycles. The highest BCUT2D eigenvalue weighted by Gasteiger charge is 1.94. The van der Waals surface area contributed by atoms with E-state index in [1.54, 1.807) is 0 Å². The molecule has 1 N–H and O–H groups in total. The first-order valence-corrected chi connectivity index (χ1v) is 10.1. The Kier molecular flexibility index (Phi) is 25.0. The molecule has 0 aliphatic rings. The monoisotopic (exact) mass is 392 g/mol. The molecule has 0 aromatic rings. The van der Waals surface area contributed by atoms with Crippen molar-refractivity contribution in [2.45, 2.75) is 32.1 Å². The van der Waals surface area contributed by atoms with Crippen LogP contribution in [0.3, 0.4) is 0 Å². The molecular weight excluding hydrogens is 352 g/mol. The largest absolute Gasteiger partial charge is 0.394 e. The summed E-state index contributed by atoms with van der Waals surface area (Å²) in [6.07, 6.45) is 7.90. The molecule has 0 radical (unpaired) electrons. The van der Waals surface area contributed by atoms with Crippen LogP contribution < -0.4 is 0 Å². The van der Waals surface area contributed by atoms with Gasteiger partial charge in [0.25, 0.3) is 0 Å². The van der Waals surface area contributed by atoms with Crippen LogP contribution in [0.1, 0.15) is 32.1 Å². The molecule has 0 spiro atoms. The molecular formula is C20H40O7. The fraction of sp³-hybridized carbons (Fsp3) is 0.900. The maximum Gasteiger partial charge on any atom is 0.0701 e. The molecule has 0 aromatic carbocycles. The molecule has 0 rings (SSSR count). The van der Waals surface area contributed by atoms with Gasteiger partial charge in [0.15, 0.2) is 0 Å². The molecule has 0 atom stereocenters. The van der Waals surface area contributed by atoms with Crippen LogP contribution in [-0.4, -0.2) is 91.0 Å². The van der Waals surface area contributed by atoms with Crippen LogP contribution in [0, 0.1) is 0 Å². The number of ether oxygens (including phenoxy) is 6. The first-order chi connectivity index (χ1) is 13.4. The third-order valence-corrected chi connectivity index (χ3v) is 3.54. The van der Waals surface area contributed by atoms with E-state index in [1.807, 2.05) is 6.08 Å². The molecule has 0 aliphatic heterocycles. The number of hydrogen-bond acceptors (Lipinski definition) is 7. The summed E-state index contributed by atoms with van der Waals surface area (Å²) in [5.74, 6) is 0. The number of hydrogen-bond donors (Lipinski definition) is 1. The van der Waals surface area contributed by atoms with Gasteiger partial charge in [0.1, 0.15) is 0 Å². The first kappa shape index (κ1) is 26.5. The van der Waals surface area contributed by atoms with Crippen molar-refractivity contribution in [2.24, 2.45) is 0 Å². The molecule has 27 heavy (non-hydrogen) atoms. The van der Waals surface area contributed by atoms with Crippen molar-refractivity contribution in [3.05, 3.63) is 12.7 Å². The maximum atomic E-state index is 8.52. The van der Waals surface area contributed by atoms with Gasteiger partial charge in [0, 0.05) is 6.61 Å². The Balaban J connectivity index is 2.96. The van der Waals surface area contributed by atoms with E-state index in [0.29, 0.717) is 72.7 Å². The van der Waals surface area contributed by atoms with Crippen molar-refractivity contribution in [3.8, 4) is 0 Å². The van der Waals surface area contributed by atoms with E-state index in [2.05, 4.69) is 6.58 Å². The summed E-state index contributed by atoms with van der Waals surface area (Å²) < 4.78 is 32.1. The number of aliphatic hydroxyl groups excluding tert-OH is 1. The Hall–Kier alpha value is -0.540. The number of unbranched alkanes of at least 4 members (excludes halogenated alkanes) is 4. The van der Waals surface area contributed by atoms with Crippen LogP contribution in [0.5, 0.6) is 0 Å². The number of aliphatic hydroxyl groups is 1. The fourth-order valence-corrected chi connectivity index (χ4v) is 2.11. The van der Waals surface area contributed by atoms with Gasteiger partial charge in [-0.1, -0.05) is 18.9 Å². The summed E-state index contributed by atoms with van der Waals surface area (Å²) in [6, 6.07) is 0. The zero-order chi connectivity index (χ0) is 19.7. The van der Waals surface area contributed by atoms with Crippen LogP contribution in [0.15, 0.2) is 12.7 Å². The standard InChI is InChI=1S/C20H40O7/c1-2-3-4-5-6-7-9-22-11-13-24-15-17-26-19-20-27-18-16-25-14-12-23-10-8-21/h2,21H,1,3-20H2. The molecule has 162 valence electrons. The lowest BCUT2D eigenvalue weighted by molar-refractivity contribution is -0.0182. The van der Waals surface area contributed by atoms with E-state index in [9.17, 15) is 0 Å². The first-order valence-electron chi connectivity index (χ1n) is 10.1. The summed E-state index contributed by atoms with van der Waals surface area (Å²) in [6.45, 7) is 10.5.